The molecule has 1 aromatic rings. The highest BCUT2D eigenvalue weighted by Gasteiger charge is 2.27. The molecule has 7 heteroatoms. The van der Waals surface area contributed by atoms with Crippen LogP contribution in [0.15, 0.2) is 12.5 Å². The van der Waals surface area contributed by atoms with Crippen molar-refractivity contribution < 1.29 is 17.9 Å². The van der Waals surface area contributed by atoms with Crippen molar-refractivity contribution in [3.63, 3.8) is 0 Å². The van der Waals surface area contributed by atoms with Crippen molar-refractivity contribution in [2.75, 3.05) is 26.3 Å². The summed E-state index contributed by atoms with van der Waals surface area (Å²) in [5.74, 6) is 0. The number of nitrogens with one attached hydrogen (secondary N) is 1. The molecule has 0 aliphatic carbocycles. The number of halogens is 3. The van der Waals surface area contributed by atoms with Crippen LogP contribution < -0.4 is 5.32 Å². The third-order valence-electron chi connectivity index (χ3n) is 2.43. The van der Waals surface area contributed by atoms with Crippen molar-refractivity contribution in [1.82, 2.24) is 14.9 Å². The summed E-state index contributed by atoms with van der Waals surface area (Å²) in [6.07, 6.45) is 1.10. The van der Waals surface area contributed by atoms with Gasteiger partial charge in [0.2, 0.25) is 0 Å². The van der Waals surface area contributed by atoms with Gasteiger partial charge in [0.1, 0.15) is 6.61 Å². The van der Waals surface area contributed by atoms with Gasteiger partial charge in [-0.15, -0.1) is 0 Å². The number of ether oxygens (including phenoxy) is 1. The number of rotatable bonds is 9. The zero-order valence-corrected chi connectivity index (χ0v) is 11.0. The van der Waals surface area contributed by atoms with E-state index in [0.29, 0.717) is 6.54 Å². The van der Waals surface area contributed by atoms with Crippen LogP contribution in [0.3, 0.4) is 0 Å². The first kappa shape index (κ1) is 16.0. The predicted octanol–water partition coefficient (Wildman–Crippen LogP) is 2.00. The molecule has 19 heavy (non-hydrogen) atoms. The first-order chi connectivity index (χ1) is 9.01. The maximum absolute atomic E-state index is 11.8. The van der Waals surface area contributed by atoms with Gasteiger partial charge < -0.3 is 14.6 Å². The Hall–Kier alpha value is -1.08. The Morgan fingerprint density at radius 1 is 1.37 bits per heavy atom. The fraction of sp³-hybridized carbons (Fsp3) is 0.750. The van der Waals surface area contributed by atoms with Crippen molar-refractivity contribution in [3.8, 4) is 0 Å². The highest BCUT2D eigenvalue weighted by molar-refractivity contribution is 4.97. The second-order valence-corrected chi connectivity index (χ2v) is 4.27. The molecular weight excluding hydrogens is 259 g/mol. The first-order valence-corrected chi connectivity index (χ1v) is 6.37. The first-order valence-electron chi connectivity index (χ1n) is 6.37. The molecular formula is C12H20F3N3O. The minimum atomic E-state index is -4.26. The Balaban J connectivity index is 2.16. The van der Waals surface area contributed by atoms with E-state index in [1.54, 1.807) is 10.9 Å². The lowest BCUT2D eigenvalue weighted by atomic mass is 10.3. The van der Waals surface area contributed by atoms with Gasteiger partial charge in [-0.2, -0.15) is 13.2 Å². The molecule has 4 nitrogen and oxygen atoms in total. The third kappa shape index (κ3) is 7.84. The van der Waals surface area contributed by atoms with Crippen LogP contribution in [0.25, 0.3) is 0 Å². The average Bonchev–Trinajstić information content (AvgIpc) is 2.77. The molecule has 0 saturated carbocycles. The summed E-state index contributed by atoms with van der Waals surface area (Å²) in [5, 5.41) is 3.26. The number of hydrogen-bond donors (Lipinski definition) is 1. The fourth-order valence-electron chi connectivity index (χ4n) is 1.53. The van der Waals surface area contributed by atoms with E-state index in [1.165, 1.54) is 0 Å². The Morgan fingerprint density at radius 3 is 2.84 bits per heavy atom. The van der Waals surface area contributed by atoms with Gasteiger partial charge in [-0.05, 0) is 13.0 Å². The summed E-state index contributed by atoms with van der Waals surface area (Å²) in [6, 6.07) is 0. The standard InChI is InChI=1S/C12H20F3N3O/c1-2-4-16-5-3-11-8-18(10-17-11)6-7-19-9-12(13,14)15/h8,10,16H,2-7,9H2,1H3. The largest absolute Gasteiger partial charge is 0.411 e. The van der Waals surface area contributed by atoms with Gasteiger partial charge in [0.15, 0.2) is 0 Å². The molecule has 0 unspecified atom stereocenters. The van der Waals surface area contributed by atoms with Gasteiger partial charge >= 0.3 is 6.18 Å². The van der Waals surface area contributed by atoms with Gasteiger partial charge in [0, 0.05) is 25.7 Å². The second kappa shape index (κ2) is 8.16. The molecule has 1 aromatic heterocycles. The van der Waals surface area contributed by atoms with Crippen LogP contribution in [0.1, 0.15) is 19.0 Å². The molecule has 1 heterocycles. The zero-order valence-electron chi connectivity index (χ0n) is 11.0. The second-order valence-electron chi connectivity index (χ2n) is 4.27. The molecule has 0 amide bonds. The summed E-state index contributed by atoms with van der Waals surface area (Å²) in [7, 11) is 0. The number of aromatic nitrogens is 2. The molecule has 0 atom stereocenters. The molecule has 1 N–H and O–H groups in total. The lowest BCUT2D eigenvalue weighted by molar-refractivity contribution is -0.174. The van der Waals surface area contributed by atoms with Crippen LogP contribution in [0.2, 0.25) is 0 Å². The Morgan fingerprint density at radius 2 is 2.16 bits per heavy atom. The van der Waals surface area contributed by atoms with Crippen LogP contribution in [0, 0.1) is 0 Å². The van der Waals surface area contributed by atoms with Crippen LogP contribution >= 0.6 is 0 Å². The van der Waals surface area contributed by atoms with Crippen molar-refractivity contribution in [2.24, 2.45) is 0 Å². The minimum Gasteiger partial charge on any atom is -0.370 e. The third-order valence-corrected chi connectivity index (χ3v) is 2.43. The van der Waals surface area contributed by atoms with Gasteiger partial charge in [0.25, 0.3) is 0 Å². The minimum absolute atomic E-state index is 0.0311. The van der Waals surface area contributed by atoms with Crippen molar-refractivity contribution >= 4 is 0 Å². The van der Waals surface area contributed by atoms with Crippen LogP contribution in [0.4, 0.5) is 13.2 Å². The molecule has 0 aliphatic heterocycles. The van der Waals surface area contributed by atoms with Crippen molar-refractivity contribution in [3.05, 3.63) is 18.2 Å². The lowest BCUT2D eigenvalue weighted by Gasteiger charge is -2.07. The van der Waals surface area contributed by atoms with E-state index in [0.717, 1.165) is 31.6 Å². The van der Waals surface area contributed by atoms with Crippen LogP contribution in [0.5, 0.6) is 0 Å². The molecule has 0 fully saturated rings. The van der Waals surface area contributed by atoms with E-state index < -0.39 is 12.8 Å². The zero-order chi connectivity index (χ0) is 14.1. The molecule has 0 bridgehead atoms. The van der Waals surface area contributed by atoms with E-state index >= 15 is 0 Å². The van der Waals surface area contributed by atoms with Gasteiger partial charge in [0.05, 0.1) is 18.6 Å². The fourth-order valence-corrected chi connectivity index (χ4v) is 1.53. The normalized spacial score (nSPS) is 12.0. The summed E-state index contributed by atoms with van der Waals surface area (Å²) in [6.45, 7) is 3.15. The summed E-state index contributed by atoms with van der Waals surface area (Å²) < 4.78 is 41.8. The predicted molar refractivity (Wildman–Crippen MR) is 66.0 cm³/mol. The molecule has 0 radical (unpaired) electrons. The number of alkyl halides is 3. The van der Waals surface area contributed by atoms with E-state index in [-0.39, 0.29) is 6.61 Å². The summed E-state index contributed by atoms with van der Waals surface area (Å²) in [4.78, 5) is 4.19. The average molecular weight is 279 g/mol. The SMILES string of the molecule is CCCNCCc1cn(CCOCC(F)(F)F)cn1. The molecule has 0 aromatic carbocycles. The van der Waals surface area contributed by atoms with Crippen molar-refractivity contribution in [2.45, 2.75) is 32.5 Å². The van der Waals surface area contributed by atoms with E-state index in [2.05, 4.69) is 22.0 Å². The topological polar surface area (TPSA) is 39.1 Å². The Kier molecular flexibility index (Phi) is 6.86. The monoisotopic (exact) mass is 279 g/mol. The quantitative estimate of drug-likeness (QED) is 0.703. The molecule has 0 aliphatic rings. The smallest absolute Gasteiger partial charge is 0.370 e. The van der Waals surface area contributed by atoms with Gasteiger partial charge in [-0.25, -0.2) is 4.98 Å². The highest BCUT2D eigenvalue weighted by atomic mass is 19.4. The number of imidazole rings is 1. The molecule has 0 saturated heterocycles. The lowest BCUT2D eigenvalue weighted by Crippen LogP contribution is -2.19. The maximum Gasteiger partial charge on any atom is 0.411 e. The van der Waals surface area contributed by atoms with Crippen molar-refractivity contribution in [1.29, 1.82) is 0 Å². The van der Waals surface area contributed by atoms with Gasteiger partial charge in [-0.1, -0.05) is 6.92 Å². The molecule has 0 spiro atoms. The van der Waals surface area contributed by atoms with E-state index in [1.807, 2.05) is 6.20 Å². The summed E-state index contributed by atoms with van der Waals surface area (Å²) >= 11 is 0. The van der Waals surface area contributed by atoms with E-state index in [9.17, 15) is 13.2 Å². The molecule has 1 rings (SSSR count). The summed E-state index contributed by atoms with van der Waals surface area (Å²) in [5.41, 5.74) is 0.930. The van der Waals surface area contributed by atoms with Crippen LogP contribution in [-0.2, 0) is 17.7 Å². The maximum atomic E-state index is 11.8. The van der Waals surface area contributed by atoms with Gasteiger partial charge in [-0.3, -0.25) is 0 Å². The molecule has 110 valence electrons. The Labute approximate surface area is 111 Å². The number of hydrogen-bond acceptors (Lipinski definition) is 3. The van der Waals surface area contributed by atoms with E-state index in [4.69, 9.17) is 0 Å². The highest BCUT2D eigenvalue weighted by Crippen LogP contribution is 2.14. The Bertz CT molecular complexity index is 352. The van der Waals surface area contributed by atoms with Crippen LogP contribution in [-0.4, -0.2) is 42.0 Å². The number of nitrogens with zero attached hydrogens (tertiary/aromatic N) is 2.